The molecule has 1 aliphatic heterocycles. The third-order valence-electron chi connectivity index (χ3n) is 4.41. The molecule has 0 aromatic heterocycles. The number of methoxy groups -OCH3 is 1. The van der Waals surface area contributed by atoms with Gasteiger partial charge in [0, 0.05) is 26.2 Å². The number of hydrogen-bond donors (Lipinski definition) is 2. The van der Waals surface area contributed by atoms with Crippen LogP contribution in [0.1, 0.15) is 32.8 Å². The van der Waals surface area contributed by atoms with Gasteiger partial charge in [0.05, 0.1) is 19.6 Å². The number of nitrogens with one attached hydrogen (secondary N) is 2. The predicted molar refractivity (Wildman–Crippen MR) is 102 cm³/mol. The Morgan fingerprint density at radius 1 is 1.35 bits per heavy atom. The molecule has 1 atom stereocenters. The fourth-order valence-electron chi connectivity index (χ4n) is 3.28. The average Bonchev–Trinajstić information content (AvgIpc) is 2.57. The van der Waals surface area contributed by atoms with E-state index in [1.54, 1.807) is 7.11 Å². The van der Waals surface area contributed by atoms with Crippen molar-refractivity contribution in [2.24, 2.45) is 5.41 Å². The highest BCUT2D eigenvalue weighted by atomic mass is 16.5. The van der Waals surface area contributed by atoms with E-state index in [0.717, 1.165) is 24.4 Å². The Hall–Kier alpha value is -2.08. The first-order valence-corrected chi connectivity index (χ1v) is 9.20. The summed E-state index contributed by atoms with van der Waals surface area (Å²) in [6, 6.07) is 7.38. The molecule has 0 bridgehead atoms. The standard InChI is InChI=1S/C20H31N3O3/c1-20(2,3)14-23-12-11-22-19(25)16(23)13-18(24)21-10-9-15-7-5-6-8-17(15)26-4/h5-8,16H,9-14H2,1-4H3,(H,21,24)(H,22,25). The Labute approximate surface area is 156 Å². The zero-order chi connectivity index (χ0) is 19.2. The molecule has 1 heterocycles. The quantitative estimate of drug-likeness (QED) is 0.774. The molecule has 0 saturated carbocycles. The highest BCUT2D eigenvalue weighted by Gasteiger charge is 2.33. The lowest BCUT2D eigenvalue weighted by Gasteiger charge is -2.38. The maximum Gasteiger partial charge on any atom is 0.237 e. The minimum atomic E-state index is -0.394. The van der Waals surface area contributed by atoms with Gasteiger partial charge in [0.1, 0.15) is 5.75 Å². The number of benzene rings is 1. The second-order valence-corrected chi connectivity index (χ2v) is 7.95. The number of ether oxygens (including phenoxy) is 1. The Morgan fingerprint density at radius 2 is 2.08 bits per heavy atom. The largest absolute Gasteiger partial charge is 0.496 e. The van der Waals surface area contributed by atoms with E-state index in [1.807, 2.05) is 24.3 Å². The molecule has 2 N–H and O–H groups in total. The van der Waals surface area contributed by atoms with Gasteiger partial charge in [-0.2, -0.15) is 0 Å². The van der Waals surface area contributed by atoms with Crippen LogP contribution in [0.5, 0.6) is 5.75 Å². The van der Waals surface area contributed by atoms with Crippen molar-refractivity contribution in [3.8, 4) is 5.75 Å². The number of para-hydroxylation sites is 1. The van der Waals surface area contributed by atoms with Crippen LogP contribution in [0.2, 0.25) is 0 Å². The summed E-state index contributed by atoms with van der Waals surface area (Å²) < 4.78 is 5.33. The van der Waals surface area contributed by atoms with E-state index in [4.69, 9.17) is 4.74 Å². The monoisotopic (exact) mass is 361 g/mol. The normalized spacial score (nSPS) is 18.3. The number of carbonyl (C=O) groups is 2. The van der Waals surface area contributed by atoms with E-state index in [2.05, 4.69) is 36.3 Å². The van der Waals surface area contributed by atoms with E-state index in [9.17, 15) is 9.59 Å². The Balaban J connectivity index is 1.87. The SMILES string of the molecule is COc1ccccc1CCNC(=O)CC1C(=O)NCCN1CC(C)(C)C. The molecule has 1 fully saturated rings. The lowest BCUT2D eigenvalue weighted by molar-refractivity contribution is -0.134. The summed E-state index contributed by atoms with van der Waals surface area (Å²) in [4.78, 5) is 26.7. The molecule has 6 nitrogen and oxygen atoms in total. The van der Waals surface area contributed by atoms with Crippen LogP contribution in [0.4, 0.5) is 0 Å². The van der Waals surface area contributed by atoms with Crippen LogP contribution in [0, 0.1) is 5.41 Å². The highest BCUT2D eigenvalue weighted by molar-refractivity contribution is 5.88. The zero-order valence-electron chi connectivity index (χ0n) is 16.3. The Bertz CT molecular complexity index is 625. The summed E-state index contributed by atoms with van der Waals surface area (Å²) in [6.45, 7) is 9.16. The van der Waals surface area contributed by atoms with Gasteiger partial charge >= 0.3 is 0 Å². The zero-order valence-corrected chi connectivity index (χ0v) is 16.3. The Kier molecular flexibility index (Phi) is 7.03. The van der Waals surface area contributed by atoms with Gasteiger partial charge in [0.2, 0.25) is 11.8 Å². The van der Waals surface area contributed by atoms with Crippen molar-refractivity contribution in [2.75, 3.05) is 33.3 Å². The third kappa shape index (κ3) is 6.02. The molecular formula is C20H31N3O3. The van der Waals surface area contributed by atoms with Crippen molar-refractivity contribution in [3.05, 3.63) is 29.8 Å². The summed E-state index contributed by atoms with van der Waals surface area (Å²) in [7, 11) is 1.64. The van der Waals surface area contributed by atoms with Crippen LogP contribution in [0.3, 0.4) is 0 Å². The molecule has 1 aromatic rings. The van der Waals surface area contributed by atoms with E-state index < -0.39 is 6.04 Å². The van der Waals surface area contributed by atoms with Crippen molar-refractivity contribution in [3.63, 3.8) is 0 Å². The van der Waals surface area contributed by atoms with Crippen LogP contribution >= 0.6 is 0 Å². The molecule has 1 aliphatic rings. The van der Waals surface area contributed by atoms with Crippen molar-refractivity contribution in [1.29, 1.82) is 0 Å². The number of amides is 2. The summed E-state index contributed by atoms with van der Waals surface area (Å²) in [6.07, 6.45) is 0.881. The van der Waals surface area contributed by atoms with Gasteiger partial charge in [-0.3, -0.25) is 14.5 Å². The van der Waals surface area contributed by atoms with E-state index >= 15 is 0 Å². The number of piperazine rings is 1. The third-order valence-corrected chi connectivity index (χ3v) is 4.41. The van der Waals surface area contributed by atoms with Gasteiger partial charge in [-0.05, 0) is 23.5 Å². The van der Waals surface area contributed by atoms with Crippen LogP contribution in [0.15, 0.2) is 24.3 Å². The molecule has 26 heavy (non-hydrogen) atoms. The molecule has 6 heteroatoms. The summed E-state index contributed by atoms with van der Waals surface area (Å²) in [5, 5.41) is 5.81. The van der Waals surface area contributed by atoms with Crippen molar-refractivity contribution in [1.82, 2.24) is 15.5 Å². The van der Waals surface area contributed by atoms with Gasteiger partial charge in [-0.1, -0.05) is 39.0 Å². The number of nitrogens with zero attached hydrogens (tertiary/aromatic N) is 1. The number of hydrogen-bond acceptors (Lipinski definition) is 4. The first-order chi connectivity index (χ1) is 12.3. The van der Waals surface area contributed by atoms with Crippen LogP contribution in [0.25, 0.3) is 0 Å². The number of carbonyl (C=O) groups excluding carboxylic acids is 2. The maximum absolute atomic E-state index is 12.4. The van der Waals surface area contributed by atoms with E-state index in [0.29, 0.717) is 19.5 Å². The molecule has 1 unspecified atom stereocenters. The predicted octanol–water partition coefficient (Wildman–Crippen LogP) is 1.59. The molecule has 0 radical (unpaired) electrons. The molecule has 144 valence electrons. The van der Waals surface area contributed by atoms with Gasteiger partial charge in [-0.25, -0.2) is 0 Å². The summed E-state index contributed by atoms with van der Waals surface area (Å²) in [5.74, 6) is 0.672. The second-order valence-electron chi connectivity index (χ2n) is 7.95. The molecule has 1 saturated heterocycles. The maximum atomic E-state index is 12.4. The average molecular weight is 361 g/mol. The van der Waals surface area contributed by atoms with Crippen LogP contribution < -0.4 is 15.4 Å². The topological polar surface area (TPSA) is 70.7 Å². The first-order valence-electron chi connectivity index (χ1n) is 9.20. The summed E-state index contributed by atoms with van der Waals surface area (Å²) >= 11 is 0. The van der Waals surface area contributed by atoms with Gasteiger partial charge in [-0.15, -0.1) is 0 Å². The van der Waals surface area contributed by atoms with Gasteiger partial charge < -0.3 is 15.4 Å². The first kappa shape index (κ1) is 20.2. The highest BCUT2D eigenvalue weighted by Crippen LogP contribution is 2.20. The molecule has 2 rings (SSSR count). The van der Waals surface area contributed by atoms with Crippen LogP contribution in [-0.4, -0.2) is 56.0 Å². The van der Waals surface area contributed by atoms with E-state index in [1.165, 1.54) is 0 Å². The number of rotatable bonds is 7. The second kappa shape index (κ2) is 9.03. The molecule has 0 spiro atoms. The van der Waals surface area contributed by atoms with Gasteiger partial charge in [0.15, 0.2) is 0 Å². The fourth-order valence-corrected chi connectivity index (χ4v) is 3.28. The van der Waals surface area contributed by atoms with E-state index in [-0.39, 0.29) is 23.7 Å². The van der Waals surface area contributed by atoms with Crippen LogP contribution in [-0.2, 0) is 16.0 Å². The smallest absolute Gasteiger partial charge is 0.237 e. The molecule has 0 aliphatic carbocycles. The minimum Gasteiger partial charge on any atom is -0.496 e. The lowest BCUT2D eigenvalue weighted by Crippen LogP contribution is -2.58. The molecular weight excluding hydrogens is 330 g/mol. The lowest BCUT2D eigenvalue weighted by atomic mass is 9.94. The van der Waals surface area contributed by atoms with Crippen molar-refractivity contribution < 1.29 is 14.3 Å². The summed E-state index contributed by atoms with van der Waals surface area (Å²) in [5.41, 5.74) is 1.14. The van der Waals surface area contributed by atoms with Crippen molar-refractivity contribution in [2.45, 2.75) is 39.7 Å². The minimum absolute atomic E-state index is 0.0552. The van der Waals surface area contributed by atoms with Crippen molar-refractivity contribution >= 4 is 11.8 Å². The Morgan fingerprint density at radius 3 is 2.77 bits per heavy atom. The van der Waals surface area contributed by atoms with Gasteiger partial charge in [0.25, 0.3) is 0 Å². The fraction of sp³-hybridized carbons (Fsp3) is 0.600. The molecule has 1 aromatic carbocycles. The molecule has 2 amide bonds.